The standard InChI is InChI=1S/C22H29N3O5S2/c1-4-16(3)25-32(27,28)20-11-9-18(10-12-20)23-22(31)24-21(26)17-7-6-8-19(15-17)30-14-13-29-5-2/h6-12,15-16,25H,4-5,13-14H2,1-3H3,(H2,23,24,26,31). The van der Waals surface area contributed by atoms with Gasteiger partial charge in [0.1, 0.15) is 12.4 Å². The Bertz CT molecular complexity index is 1010. The zero-order valence-corrected chi connectivity index (χ0v) is 20.0. The van der Waals surface area contributed by atoms with Crippen molar-refractivity contribution < 1.29 is 22.7 Å². The van der Waals surface area contributed by atoms with Crippen LogP contribution in [0.3, 0.4) is 0 Å². The van der Waals surface area contributed by atoms with E-state index in [1.54, 1.807) is 43.3 Å². The maximum atomic E-state index is 12.5. The summed E-state index contributed by atoms with van der Waals surface area (Å²) in [6, 6.07) is 12.7. The molecule has 0 saturated heterocycles. The molecule has 0 aromatic heterocycles. The summed E-state index contributed by atoms with van der Waals surface area (Å²) in [6.45, 7) is 7.08. The summed E-state index contributed by atoms with van der Waals surface area (Å²) in [5.41, 5.74) is 0.936. The molecule has 0 fully saturated rings. The van der Waals surface area contributed by atoms with Gasteiger partial charge in [0.25, 0.3) is 5.91 Å². The predicted octanol–water partition coefficient (Wildman–Crippen LogP) is 3.31. The van der Waals surface area contributed by atoms with Crippen LogP contribution in [-0.4, -0.2) is 45.3 Å². The van der Waals surface area contributed by atoms with Crippen molar-refractivity contribution in [2.24, 2.45) is 0 Å². The molecular weight excluding hydrogens is 450 g/mol. The summed E-state index contributed by atoms with van der Waals surface area (Å²) in [7, 11) is -3.59. The molecule has 1 atom stereocenters. The molecule has 10 heteroatoms. The molecule has 174 valence electrons. The third-order valence-corrected chi connectivity index (χ3v) is 6.22. The van der Waals surface area contributed by atoms with Crippen molar-refractivity contribution in [1.82, 2.24) is 10.0 Å². The molecule has 8 nitrogen and oxygen atoms in total. The van der Waals surface area contributed by atoms with E-state index in [9.17, 15) is 13.2 Å². The normalized spacial score (nSPS) is 12.1. The van der Waals surface area contributed by atoms with Crippen LogP contribution < -0.4 is 20.1 Å². The highest BCUT2D eigenvalue weighted by atomic mass is 32.2. The number of anilines is 1. The molecule has 0 saturated carbocycles. The molecule has 0 aliphatic carbocycles. The van der Waals surface area contributed by atoms with Crippen molar-refractivity contribution in [3.63, 3.8) is 0 Å². The Hall–Kier alpha value is -2.53. The smallest absolute Gasteiger partial charge is 0.257 e. The number of thiocarbonyl (C=S) groups is 1. The molecule has 0 heterocycles. The van der Waals surface area contributed by atoms with Gasteiger partial charge in [0, 0.05) is 23.9 Å². The van der Waals surface area contributed by atoms with Crippen molar-refractivity contribution in [2.45, 2.75) is 38.1 Å². The molecule has 0 aliphatic heterocycles. The van der Waals surface area contributed by atoms with E-state index in [1.165, 1.54) is 12.1 Å². The molecule has 2 aromatic carbocycles. The number of ether oxygens (including phenoxy) is 2. The lowest BCUT2D eigenvalue weighted by atomic mass is 10.2. The number of carbonyl (C=O) groups excluding carboxylic acids is 1. The van der Waals surface area contributed by atoms with Gasteiger partial charge in [-0.3, -0.25) is 10.1 Å². The van der Waals surface area contributed by atoms with E-state index < -0.39 is 15.9 Å². The quantitative estimate of drug-likeness (QED) is 0.335. The van der Waals surface area contributed by atoms with Crippen LogP contribution in [0.1, 0.15) is 37.6 Å². The third-order valence-electron chi connectivity index (χ3n) is 4.42. The summed E-state index contributed by atoms with van der Waals surface area (Å²) in [4.78, 5) is 12.6. The van der Waals surface area contributed by atoms with Crippen LogP contribution in [0, 0.1) is 0 Å². The highest BCUT2D eigenvalue weighted by Crippen LogP contribution is 2.16. The minimum Gasteiger partial charge on any atom is -0.491 e. The van der Waals surface area contributed by atoms with Gasteiger partial charge in [-0.25, -0.2) is 13.1 Å². The van der Waals surface area contributed by atoms with E-state index >= 15 is 0 Å². The van der Waals surface area contributed by atoms with Gasteiger partial charge in [-0.1, -0.05) is 13.0 Å². The first-order valence-electron chi connectivity index (χ1n) is 10.3. The second kappa shape index (κ2) is 12.5. The zero-order valence-electron chi connectivity index (χ0n) is 18.4. The van der Waals surface area contributed by atoms with Crippen LogP contribution in [0.5, 0.6) is 5.75 Å². The molecule has 2 rings (SSSR count). The second-order valence-electron chi connectivity index (χ2n) is 6.94. The molecule has 0 spiro atoms. The first-order valence-corrected chi connectivity index (χ1v) is 12.2. The molecule has 0 bridgehead atoms. The molecular formula is C22H29N3O5S2. The minimum absolute atomic E-state index is 0.0889. The number of benzene rings is 2. The number of hydrogen-bond acceptors (Lipinski definition) is 6. The summed E-state index contributed by atoms with van der Waals surface area (Å²) >= 11 is 5.20. The maximum absolute atomic E-state index is 12.5. The summed E-state index contributed by atoms with van der Waals surface area (Å²) in [5.74, 6) is 0.161. The number of nitrogens with one attached hydrogen (secondary N) is 3. The number of carbonyl (C=O) groups is 1. The number of rotatable bonds is 11. The lowest BCUT2D eigenvalue weighted by Crippen LogP contribution is -2.34. The Morgan fingerprint density at radius 3 is 2.47 bits per heavy atom. The monoisotopic (exact) mass is 479 g/mol. The first kappa shape index (κ1) is 25.7. The third kappa shape index (κ3) is 8.19. The molecule has 3 N–H and O–H groups in total. The van der Waals surface area contributed by atoms with Crippen molar-refractivity contribution in [2.75, 3.05) is 25.1 Å². The maximum Gasteiger partial charge on any atom is 0.257 e. The van der Waals surface area contributed by atoms with E-state index in [0.717, 1.165) is 0 Å². The van der Waals surface area contributed by atoms with E-state index in [1.807, 2.05) is 13.8 Å². The first-order chi connectivity index (χ1) is 15.2. The van der Waals surface area contributed by atoms with Crippen LogP contribution in [0.2, 0.25) is 0 Å². The average Bonchev–Trinajstić information content (AvgIpc) is 2.77. The van der Waals surface area contributed by atoms with Crippen LogP contribution in [0.25, 0.3) is 0 Å². The Balaban J connectivity index is 1.93. The summed E-state index contributed by atoms with van der Waals surface area (Å²) in [5, 5.41) is 5.56. The fourth-order valence-electron chi connectivity index (χ4n) is 2.56. The highest BCUT2D eigenvalue weighted by Gasteiger charge is 2.16. The van der Waals surface area contributed by atoms with Crippen molar-refractivity contribution in [3.05, 3.63) is 54.1 Å². The van der Waals surface area contributed by atoms with E-state index in [4.69, 9.17) is 21.7 Å². The van der Waals surface area contributed by atoms with Gasteiger partial charge < -0.3 is 14.8 Å². The summed E-state index contributed by atoms with van der Waals surface area (Å²) in [6.07, 6.45) is 0.690. The van der Waals surface area contributed by atoms with Gasteiger partial charge in [0.15, 0.2) is 5.11 Å². The second-order valence-corrected chi connectivity index (χ2v) is 9.06. The lowest BCUT2D eigenvalue weighted by Gasteiger charge is -2.13. The molecule has 32 heavy (non-hydrogen) atoms. The van der Waals surface area contributed by atoms with Gasteiger partial charge >= 0.3 is 0 Å². The number of amides is 1. The van der Waals surface area contributed by atoms with Crippen LogP contribution in [-0.2, 0) is 14.8 Å². The average molecular weight is 480 g/mol. The van der Waals surface area contributed by atoms with Crippen LogP contribution in [0.15, 0.2) is 53.4 Å². The lowest BCUT2D eigenvalue weighted by molar-refractivity contribution is 0.0976. The number of sulfonamides is 1. The van der Waals surface area contributed by atoms with Crippen LogP contribution >= 0.6 is 12.2 Å². The highest BCUT2D eigenvalue weighted by molar-refractivity contribution is 7.89. The van der Waals surface area contributed by atoms with Gasteiger partial charge in [-0.05, 0) is 75.0 Å². The molecule has 0 radical (unpaired) electrons. The minimum atomic E-state index is -3.59. The molecule has 2 aromatic rings. The fourth-order valence-corrected chi connectivity index (χ4v) is 4.10. The van der Waals surface area contributed by atoms with Crippen molar-refractivity contribution in [1.29, 1.82) is 0 Å². The predicted molar refractivity (Wildman–Crippen MR) is 129 cm³/mol. The Morgan fingerprint density at radius 1 is 1.09 bits per heavy atom. The van der Waals surface area contributed by atoms with Crippen LogP contribution in [0.4, 0.5) is 5.69 Å². The number of hydrogen-bond donors (Lipinski definition) is 3. The largest absolute Gasteiger partial charge is 0.491 e. The van der Waals surface area contributed by atoms with E-state index in [0.29, 0.717) is 43.2 Å². The van der Waals surface area contributed by atoms with E-state index in [-0.39, 0.29) is 16.0 Å². The Labute approximate surface area is 194 Å². The van der Waals surface area contributed by atoms with Gasteiger partial charge in [0.2, 0.25) is 10.0 Å². The van der Waals surface area contributed by atoms with Crippen molar-refractivity contribution >= 4 is 38.9 Å². The van der Waals surface area contributed by atoms with Crippen molar-refractivity contribution in [3.8, 4) is 5.75 Å². The molecule has 0 aliphatic rings. The van der Waals surface area contributed by atoms with Gasteiger partial charge in [-0.2, -0.15) is 0 Å². The molecule has 1 amide bonds. The zero-order chi connectivity index (χ0) is 23.6. The Morgan fingerprint density at radius 2 is 1.81 bits per heavy atom. The van der Waals surface area contributed by atoms with Gasteiger partial charge in [0.05, 0.1) is 11.5 Å². The van der Waals surface area contributed by atoms with E-state index in [2.05, 4.69) is 15.4 Å². The van der Waals surface area contributed by atoms with Gasteiger partial charge in [-0.15, -0.1) is 0 Å². The summed E-state index contributed by atoms with van der Waals surface area (Å²) < 4.78 is 38.1. The fraction of sp³-hybridized carbons (Fsp3) is 0.364. The SMILES string of the molecule is CCOCCOc1cccc(C(=O)NC(=S)Nc2ccc(S(=O)(=O)NC(C)CC)cc2)c1. The topological polar surface area (TPSA) is 106 Å². The molecule has 1 unspecified atom stereocenters. The Kier molecular flexibility index (Phi) is 10.0.